The van der Waals surface area contributed by atoms with Crippen LogP contribution in [-0.2, 0) is 66.3 Å². The van der Waals surface area contributed by atoms with E-state index < -0.39 is 0 Å². The zero-order valence-electron chi connectivity index (χ0n) is 56.3. The summed E-state index contributed by atoms with van der Waals surface area (Å²) in [5.41, 5.74) is 4.77. The van der Waals surface area contributed by atoms with E-state index in [4.69, 9.17) is 102 Å². The Hall–Kier alpha value is -5.30. The average Bonchev–Trinajstić information content (AvgIpc) is 2.16. The molecule has 0 aliphatic heterocycles. The van der Waals surface area contributed by atoms with E-state index in [1.54, 1.807) is 12.1 Å². The normalized spacial score (nSPS) is 10.6. The van der Waals surface area contributed by atoms with Crippen LogP contribution in [0.1, 0.15) is 47.0 Å². The van der Waals surface area contributed by atoms with Gasteiger partial charge in [-0.25, -0.2) is 0 Å². The Morgan fingerprint density at radius 3 is 0.779 bits per heavy atom. The Bertz CT molecular complexity index is 2090. The number of para-hydroxylation sites is 1. The highest BCUT2D eigenvalue weighted by Crippen LogP contribution is 2.23. The lowest BCUT2D eigenvalue weighted by molar-refractivity contribution is -0.0151. The molecule has 0 aliphatic rings. The number of rotatable bonds is 58. The third-order valence-electron chi connectivity index (χ3n) is 12.1. The molecular weight excluding hydrogens is 1230 g/mol. The Labute approximate surface area is 566 Å². The summed E-state index contributed by atoms with van der Waals surface area (Å²) in [5, 5.41) is 67.7. The fraction of sp³-hybridized carbons (Fsp3) is 0.652. The molecule has 0 saturated heterocycles. The summed E-state index contributed by atoms with van der Waals surface area (Å²) in [6, 6.07) is 37.4. The number of aliphatic hydroxyl groups excluding tert-OH is 6. The van der Waals surface area contributed by atoms with E-state index in [0.29, 0.717) is 177 Å². The molecular formula is C69H119N6O20+. The second kappa shape index (κ2) is 77.7. The third kappa shape index (κ3) is 64.5. The van der Waals surface area contributed by atoms with Gasteiger partial charge in [0.15, 0.2) is 4.98 Å². The van der Waals surface area contributed by atoms with E-state index in [-0.39, 0.29) is 47.1 Å². The van der Waals surface area contributed by atoms with E-state index in [2.05, 4.69) is 75.2 Å². The molecule has 6 N–H and O–H groups in total. The molecule has 26 heteroatoms. The summed E-state index contributed by atoms with van der Waals surface area (Å²) in [6.07, 6.45) is 4.27. The van der Waals surface area contributed by atoms with Crippen molar-refractivity contribution in [3.63, 3.8) is 0 Å². The molecule has 544 valence electrons. The fourth-order valence-corrected chi connectivity index (χ4v) is 7.42. The highest BCUT2D eigenvalue weighted by atomic mass is 16.6. The van der Waals surface area contributed by atoms with Gasteiger partial charge in [0.2, 0.25) is 5.39 Å². The maximum Gasteiger partial charge on any atom is 0.385 e. The first-order valence-corrected chi connectivity index (χ1v) is 32.7. The summed E-state index contributed by atoms with van der Waals surface area (Å²) in [5.74, 6) is 0. The number of benzene rings is 4. The van der Waals surface area contributed by atoms with Gasteiger partial charge in [-0.2, -0.15) is 10.2 Å². The van der Waals surface area contributed by atoms with Crippen molar-refractivity contribution in [2.45, 2.75) is 47.0 Å². The first-order valence-electron chi connectivity index (χ1n) is 32.7. The van der Waals surface area contributed by atoms with Crippen LogP contribution in [0.25, 0.3) is 4.98 Å². The second-order valence-corrected chi connectivity index (χ2v) is 19.3. The van der Waals surface area contributed by atoms with Gasteiger partial charge in [0.05, 0.1) is 223 Å². The van der Waals surface area contributed by atoms with Crippen molar-refractivity contribution in [3.8, 4) is 0 Å². The summed E-state index contributed by atoms with van der Waals surface area (Å²) >= 11 is 0. The minimum Gasteiger partial charge on any atom is -0.394 e. The highest BCUT2D eigenvalue weighted by Gasteiger charge is 2.06. The van der Waals surface area contributed by atoms with Crippen LogP contribution in [0.5, 0.6) is 0 Å². The summed E-state index contributed by atoms with van der Waals surface area (Å²) in [6.45, 7) is 22.7. The second-order valence-electron chi connectivity index (χ2n) is 19.3. The van der Waals surface area contributed by atoms with Gasteiger partial charge in [0.1, 0.15) is 0 Å². The SMILES string of the molecule is C.CCN(CCCCOCCOCCO)c1ccc(N=Nc2ccccc2)cc1.CCN(CCCCOCCOCCO)c1ccccc1.N#[N+]c1ccccc1.OCCOCCOCCOCCOCCOCCO.OCCOCCOCCOCCOCCOCCO. The van der Waals surface area contributed by atoms with Crippen molar-refractivity contribution in [2.24, 2.45) is 10.2 Å². The summed E-state index contributed by atoms with van der Waals surface area (Å²) < 4.78 is 72.9. The third-order valence-corrected chi connectivity index (χ3v) is 12.1. The van der Waals surface area contributed by atoms with Crippen molar-refractivity contribution in [1.82, 2.24) is 0 Å². The molecule has 0 bridgehead atoms. The lowest BCUT2D eigenvalue weighted by atomic mass is 10.2. The number of diazo groups is 1. The molecule has 0 aliphatic carbocycles. The van der Waals surface area contributed by atoms with Crippen LogP contribution in [0, 0.1) is 5.39 Å². The molecule has 0 heterocycles. The maximum atomic E-state index is 8.62. The van der Waals surface area contributed by atoms with Crippen LogP contribution in [0.4, 0.5) is 28.4 Å². The topological polar surface area (TPSA) is 310 Å². The number of aliphatic hydroxyl groups is 6. The predicted molar refractivity (Wildman–Crippen MR) is 370 cm³/mol. The predicted octanol–water partition coefficient (Wildman–Crippen LogP) is 7.97. The van der Waals surface area contributed by atoms with Crippen LogP contribution in [0.15, 0.2) is 125 Å². The highest BCUT2D eigenvalue weighted by molar-refractivity contribution is 5.53. The van der Waals surface area contributed by atoms with Crippen molar-refractivity contribution in [1.29, 1.82) is 5.39 Å². The van der Waals surface area contributed by atoms with Gasteiger partial charge >= 0.3 is 5.69 Å². The zero-order valence-corrected chi connectivity index (χ0v) is 56.3. The molecule has 0 saturated carbocycles. The number of hydrogen-bond acceptors (Lipinski definition) is 25. The van der Waals surface area contributed by atoms with Crippen LogP contribution < -0.4 is 9.80 Å². The summed E-state index contributed by atoms with van der Waals surface area (Å²) in [7, 11) is 0. The van der Waals surface area contributed by atoms with Crippen molar-refractivity contribution < 1.29 is 97.0 Å². The van der Waals surface area contributed by atoms with E-state index in [0.717, 1.165) is 76.5 Å². The number of nitrogens with zero attached hydrogens (tertiary/aromatic N) is 6. The van der Waals surface area contributed by atoms with E-state index >= 15 is 0 Å². The first kappa shape index (κ1) is 91.8. The van der Waals surface area contributed by atoms with E-state index in [1.165, 1.54) is 11.4 Å². The molecule has 4 rings (SSSR count). The van der Waals surface area contributed by atoms with Gasteiger partial charge in [0, 0.05) is 62.9 Å². The molecule has 26 nitrogen and oxygen atoms in total. The van der Waals surface area contributed by atoms with Crippen molar-refractivity contribution in [2.75, 3.05) is 261 Å². The van der Waals surface area contributed by atoms with E-state index in [9.17, 15) is 0 Å². The molecule has 0 spiro atoms. The van der Waals surface area contributed by atoms with Crippen LogP contribution in [-0.4, -0.2) is 281 Å². The van der Waals surface area contributed by atoms with Gasteiger partial charge in [-0.1, -0.05) is 62.0 Å². The first-order chi connectivity index (χ1) is 46.5. The number of unbranched alkanes of at least 4 members (excludes halogenated alkanes) is 2. The minimum atomic E-state index is 0. The Morgan fingerprint density at radius 2 is 0.526 bits per heavy atom. The lowest BCUT2D eigenvalue weighted by Gasteiger charge is -2.23. The monoisotopic (exact) mass is 1350 g/mol. The Balaban J connectivity index is 0. The molecule has 0 aromatic heterocycles. The van der Waals surface area contributed by atoms with Crippen molar-refractivity contribution in [3.05, 3.63) is 120 Å². The molecule has 0 amide bonds. The standard InChI is InChI=1S/C22H31N3O3.C16H27NO3.2C12H26O7.C6H5N2.CH4/c1-2-25(14-6-7-16-27-18-19-28-17-15-26)22-12-10-21(11-13-22)24-23-20-8-4-3-5-9-20;1-2-17(16-8-4-3-5-9-16)10-6-7-12-19-14-15-20-13-11-18;2*13-1-3-15-5-7-17-9-11-19-12-10-18-8-6-16-4-2-14;7-8-6-4-2-1-3-5-6;/h3-5,8-13,26H,2,6-7,14-19H2,1H3;3-5,8-9,18H,2,6-7,10-15H2,1H3;2*13-14H,1-12H2;1-5H;1H4/q;;;;+1;. The molecule has 0 unspecified atom stereocenters. The maximum absolute atomic E-state index is 8.62. The number of anilines is 2. The Kier molecular flexibility index (Phi) is 75.1. The largest absolute Gasteiger partial charge is 0.394 e. The molecule has 0 atom stereocenters. The smallest absolute Gasteiger partial charge is 0.385 e. The number of azo groups is 1. The number of ether oxygens (including phenoxy) is 14. The summed E-state index contributed by atoms with van der Waals surface area (Å²) in [4.78, 5) is 7.70. The molecule has 95 heavy (non-hydrogen) atoms. The fourth-order valence-electron chi connectivity index (χ4n) is 7.42. The van der Waals surface area contributed by atoms with Gasteiger partial charge in [-0.15, -0.1) is 0 Å². The van der Waals surface area contributed by atoms with E-state index in [1.807, 2.05) is 66.7 Å². The number of hydrogen-bond donors (Lipinski definition) is 6. The zero-order chi connectivity index (χ0) is 68.2. The quantitative estimate of drug-likeness (QED) is 0.0139. The Morgan fingerprint density at radius 1 is 0.295 bits per heavy atom. The van der Waals surface area contributed by atoms with Gasteiger partial charge in [0.25, 0.3) is 0 Å². The lowest BCUT2D eigenvalue weighted by Crippen LogP contribution is -2.24. The van der Waals surface area contributed by atoms with Crippen molar-refractivity contribution >= 4 is 28.4 Å². The van der Waals surface area contributed by atoms with Gasteiger partial charge in [-0.3, -0.25) is 0 Å². The minimum absolute atomic E-state index is 0. The van der Waals surface area contributed by atoms with Gasteiger partial charge in [-0.05, 0) is 88.1 Å². The van der Waals surface area contributed by atoms with Gasteiger partial charge < -0.3 is 107 Å². The molecule has 4 aromatic rings. The van der Waals surface area contributed by atoms with Crippen LogP contribution in [0.3, 0.4) is 0 Å². The van der Waals surface area contributed by atoms with Crippen LogP contribution >= 0.6 is 0 Å². The average molecular weight is 1350 g/mol. The van der Waals surface area contributed by atoms with Crippen LogP contribution in [0.2, 0.25) is 0 Å². The molecule has 0 fully saturated rings. The molecule has 4 aromatic carbocycles. The molecule has 0 radical (unpaired) electrons.